The van der Waals surface area contributed by atoms with Gasteiger partial charge in [0.25, 0.3) is 0 Å². The van der Waals surface area contributed by atoms with Crippen molar-refractivity contribution < 1.29 is 17.4 Å². The third-order valence-corrected chi connectivity index (χ3v) is 1.25. The molecule has 0 aromatic heterocycles. The van der Waals surface area contributed by atoms with Gasteiger partial charge in [0.2, 0.25) is 0 Å². The Hall–Kier alpha value is -1.03. The second-order valence-corrected chi connectivity index (χ2v) is 3.85. The third kappa shape index (κ3) is 6.48. The molecule has 0 aliphatic rings. The van der Waals surface area contributed by atoms with Gasteiger partial charge in [0.1, 0.15) is 5.60 Å². The third-order valence-electron chi connectivity index (χ3n) is 1.25. The molecule has 0 saturated carbocycles. The zero-order chi connectivity index (χ0) is 13.0. The summed E-state index contributed by atoms with van der Waals surface area (Å²) >= 11 is 0. The Kier molecular flexibility index (Phi) is 3.84. The molecule has 0 aromatic carbocycles. The minimum Gasteiger partial charge on any atom is -0.444 e. The molecule has 0 bridgehead atoms. The number of aliphatic hydroxyl groups is 1. The van der Waals surface area contributed by atoms with Crippen LogP contribution in [0.25, 0.3) is 0 Å². The lowest BCUT2D eigenvalue weighted by atomic mass is 10.2. The van der Waals surface area contributed by atoms with E-state index < -0.39 is 24.3 Å². The maximum Gasteiger partial charge on any atom is 0.407 e. The van der Waals surface area contributed by atoms with Crippen LogP contribution in [0.15, 0.2) is 12.7 Å². The maximum atomic E-state index is 11.3. The van der Waals surface area contributed by atoms with Gasteiger partial charge in [-0.25, -0.2) is 4.79 Å². The fourth-order valence-corrected chi connectivity index (χ4v) is 0.760. The van der Waals surface area contributed by atoms with Crippen LogP contribution < -0.4 is 5.32 Å². The van der Waals surface area contributed by atoms with Crippen molar-refractivity contribution in [1.82, 2.24) is 5.32 Å². The highest BCUT2D eigenvalue weighted by atomic mass is 16.6. The van der Waals surface area contributed by atoms with Gasteiger partial charge in [-0.1, -0.05) is 6.08 Å². The summed E-state index contributed by atoms with van der Waals surface area (Å²) in [5.74, 6) is 0. The van der Waals surface area contributed by atoms with Gasteiger partial charge in [-0.15, -0.1) is 6.58 Å². The van der Waals surface area contributed by atoms with E-state index in [9.17, 15) is 9.90 Å². The monoisotopic (exact) mass is 203 g/mol. The molecule has 4 nitrogen and oxygen atoms in total. The number of alkyl carbamates (subject to hydrolysis) is 1. The first-order valence-electron chi connectivity index (χ1n) is 5.39. The van der Waals surface area contributed by atoms with E-state index in [0.717, 1.165) is 0 Å². The number of ether oxygens (including phenoxy) is 1. The molecule has 0 heterocycles. The fourth-order valence-electron chi connectivity index (χ4n) is 0.760. The molecule has 4 heteroatoms. The first kappa shape index (κ1) is 9.52. The number of carbonyl (C=O) groups is 1. The maximum absolute atomic E-state index is 11.3. The number of carbonyl (C=O) groups excluding carboxylic acids is 1. The quantitative estimate of drug-likeness (QED) is 0.680. The van der Waals surface area contributed by atoms with E-state index in [1.54, 1.807) is 20.8 Å². The number of nitrogens with one attached hydrogen (secondary N) is 1. The summed E-state index contributed by atoms with van der Waals surface area (Å²) in [7, 11) is 0. The molecule has 0 aliphatic carbocycles. The second kappa shape index (κ2) is 5.65. The molecule has 82 valence electrons. The summed E-state index contributed by atoms with van der Waals surface area (Å²) in [6.07, 6.45) is 0.760. The van der Waals surface area contributed by atoms with E-state index >= 15 is 0 Å². The van der Waals surface area contributed by atoms with E-state index in [2.05, 4.69) is 11.9 Å². The lowest BCUT2D eigenvalue weighted by Gasteiger charge is -2.22. The molecule has 14 heavy (non-hydrogen) atoms. The predicted molar refractivity (Wildman–Crippen MR) is 55.1 cm³/mol. The lowest BCUT2D eigenvalue weighted by molar-refractivity contribution is 0.0484. The molecule has 0 fully saturated rings. The minimum absolute atomic E-state index is 0.114. The molecule has 0 radical (unpaired) electrons. The van der Waals surface area contributed by atoms with Gasteiger partial charge in [0.15, 0.2) is 0 Å². The number of amides is 1. The van der Waals surface area contributed by atoms with Crippen LogP contribution >= 0.6 is 0 Å². The molecule has 0 spiro atoms. The van der Waals surface area contributed by atoms with Crippen LogP contribution in [0, 0.1) is 0 Å². The number of rotatable bonds is 4. The molecular formula is C10H19NO3. The van der Waals surface area contributed by atoms with Gasteiger partial charge < -0.3 is 15.2 Å². The molecule has 1 atom stereocenters. The second-order valence-electron chi connectivity index (χ2n) is 3.85. The normalized spacial score (nSPS) is 16.3. The number of hydrogen-bond donors (Lipinski definition) is 2. The van der Waals surface area contributed by atoms with Crippen molar-refractivity contribution in [3.8, 4) is 0 Å². The van der Waals surface area contributed by atoms with Crippen LogP contribution in [0.3, 0.4) is 0 Å². The summed E-state index contributed by atoms with van der Waals surface area (Å²) in [6, 6.07) is -1.07. The Morgan fingerprint density at radius 3 is 2.71 bits per heavy atom. The first-order valence-corrected chi connectivity index (χ1v) is 4.39. The minimum atomic E-state index is -2.51. The molecule has 0 aliphatic heterocycles. The Labute approximate surface area is 87.8 Å². The van der Waals surface area contributed by atoms with Gasteiger partial charge in [0, 0.05) is 0 Å². The Morgan fingerprint density at radius 1 is 1.79 bits per heavy atom. The van der Waals surface area contributed by atoms with Gasteiger partial charge in [-0.2, -0.15) is 0 Å². The smallest absolute Gasteiger partial charge is 0.407 e. The summed E-state index contributed by atoms with van der Waals surface area (Å²) in [5.41, 5.74) is -0.662. The zero-order valence-corrected chi connectivity index (χ0v) is 8.83. The number of hydrogen-bond acceptors (Lipinski definition) is 3. The van der Waals surface area contributed by atoms with Crippen molar-refractivity contribution in [1.29, 1.82) is 0 Å². The van der Waals surface area contributed by atoms with Crippen molar-refractivity contribution in [2.24, 2.45) is 0 Å². The van der Waals surface area contributed by atoms with Crippen molar-refractivity contribution in [3.05, 3.63) is 12.7 Å². The fraction of sp³-hybridized carbons (Fsp3) is 0.700. The standard InChI is InChI=1S/C10H19NO3/c1-5-6-8(7-12)11-9(13)14-10(2,3)4/h5,8,12H,1,6-7H2,2-4H3,(H,11,13)/t8-/m0/s1/i7D2. The predicted octanol–water partition coefficient (Wildman–Crippen LogP) is 1.45. The van der Waals surface area contributed by atoms with Crippen LogP contribution in [0.2, 0.25) is 0 Å². The summed E-state index contributed by atoms with van der Waals surface area (Å²) < 4.78 is 19.2. The first-order chi connectivity index (χ1) is 7.06. The molecule has 0 rings (SSSR count). The van der Waals surface area contributed by atoms with Gasteiger partial charge >= 0.3 is 6.09 Å². The summed E-state index contributed by atoms with van der Waals surface area (Å²) in [5, 5.41) is 11.4. The van der Waals surface area contributed by atoms with Crippen LogP contribution in [-0.4, -0.2) is 29.4 Å². The summed E-state index contributed by atoms with van der Waals surface area (Å²) in [4.78, 5) is 11.3. The molecular weight excluding hydrogens is 182 g/mol. The van der Waals surface area contributed by atoms with E-state index in [1.165, 1.54) is 6.08 Å². The molecule has 0 saturated heterocycles. The molecule has 0 aromatic rings. The zero-order valence-electron chi connectivity index (χ0n) is 10.8. The highest BCUT2D eigenvalue weighted by Gasteiger charge is 2.18. The van der Waals surface area contributed by atoms with E-state index in [0.29, 0.717) is 0 Å². The van der Waals surface area contributed by atoms with E-state index in [4.69, 9.17) is 7.48 Å². The van der Waals surface area contributed by atoms with Gasteiger partial charge in [-0.05, 0) is 27.2 Å². The lowest BCUT2D eigenvalue weighted by Crippen LogP contribution is -2.40. The van der Waals surface area contributed by atoms with Gasteiger partial charge in [-0.3, -0.25) is 0 Å². The molecule has 2 N–H and O–H groups in total. The Bertz CT molecular complexity index is 256. The van der Waals surface area contributed by atoms with Crippen molar-refractivity contribution >= 4 is 6.09 Å². The van der Waals surface area contributed by atoms with Crippen LogP contribution in [-0.2, 0) is 4.74 Å². The average Bonchev–Trinajstić information content (AvgIpc) is 1.97. The van der Waals surface area contributed by atoms with Crippen LogP contribution in [0.5, 0.6) is 0 Å². The largest absolute Gasteiger partial charge is 0.444 e. The molecule has 0 unspecified atom stereocenters. The summed E-state index contributed by atoms with van der Waals surface area (Å²) in [6.45, 7) is 6.01. The SMILES string of the molecule is [2H]C([2H])(O)[C@H](CC=C)NC(=O)OC(C)(C)C. The van der Waals surface area contributed by atoms with Crippen molar-refractivity contribution in [2.75, 3.05) is 6.56 Å². The average molecular weight is 203 g/mol. The Balaban J connectivity index is 4.42. The van der Waals surface area contributed by atoms with Crippen LogP contribution in [0.1, 0.15) is 29.9 Å². The van der Waals surface area contributed by atoms with E-state index in [1.807, 2.05) is 0 Å². The highest BCUT2D eigenvalue weighted by molar-refractivity contribution is 5.68. The Morgan fingerprint density at radius 2 is 2.36 bits per heavy atom. The van der Waals surface area contributed by atoms with Crippen molar-refractivity contribution in [2.45, 2.75) is 38.8 Å². The van der Waals surface area contributed by atoms with Crippen molar-refractivity contribution in [3.63, 3.8) is 0 Å². The highest BCUT2D eigenvalue weighted by Crippen LogP contribution is 2.07. The van der Waals surface area contributed by atoms with Crippen LogP contribution in [0.4, 0.5) is 4.79 Å². The van der Waals surface area contributed by atoms with Gasteiger partial charge in [0.05, 0.1) is 15.3 Å². The molecule has 1 amide bonds. The van der Waals surface area contributed by atoms with E-state index in [-0.39, 0.29) is 6.42 Å². The topological polar surface area (TPSA) is 58.6 Å².